The average molecular weight is 262 g/mol. The van der Waals surface area contributed by atoms with E-state index in [1.54, 1.807) is 7.11 Å². The first-order valence-corrected chi connectivity index (χ1v) is 7.27. The van der Waals surface area contributed by atoms with E-state index in [1.807, 2.05) is 0 Å². The molecule has 0 radical (unpaired) electrons. The Labute approximate surface area is 119 Å². The fourth-order valence-electron chi connectivity index (χ4n) is 2.65. The number of aryl methyl sites for hydroxylation is 1. The van der Waals surface area contributed by atoms with Gasteiger partial charge in [0, 0.05) is 7.11 Å². The van der Waals surface area contributed by atoms with Gasteiger partial charge in [0.1, 0.15) is 0 Å². The van der Waals surface area contributed by atoms with Gasteiger partial charge in [0.2, 0.25) is 0 Å². The van der Waals surface area contributed by atoms with Gasteiger partial charge in [0.15, 0.2) is 0 Å². The number of rotatable bonds is 3. The van der Waals surface area contributed by atoms with Gasteiger partial charge in [-0.2, -0.15) is 0 Å². The Morgan fingerprint density at radius 1 is 0.842 bits per heavy atom. The Kier molecular flexibility index (Phi) is 4.84. The van der Waals surface area contributed by atoms with Crippen molar-refractivity contribution in [3.63, 3.8) is 0 Å². The average Bonchev–Trinajstić information content (AvgIpc) is 2.26. The standard InChI is InChI=1S/C18H30O/c1-9-13-10-16(18(5,6)7)14(12-19-8)11-15(13)17(2,3)4/h10-11H,9,12H2,1-8H3. The molecule has 0 spiro atoms. The highest BCUT2D eigenvalue weighted by atomic mass is 16.5. The van der Waals surface area contributed by atoms with E-state index >= 15 is 0 Å². The maximum absolute atomic E-state index is 5.40. The van der Waals surface area contributed by atoms with Crippen molar-refractivity contribution in [1.29, 1.82) is 0 Å². The third-order valence-corrected chi connectivity index (χ3v) is 3.63. The molecule has 0 fully saturated rings. The van der Waals surface area contributed by atoms with Gasteiger partial charge >= 0.3 is 0 Å². The van der Waals surface area contributed by atoms with Gasteiger partial charge in [-0.05, 0) is 39.5 Å². The van der Waals surface area contributed by atoms with E-state index in [4.69, 9.17) is 4.74 Å². The van der Waals surface area contributed by atoms with Crippen molar-refractivity contribution in [2.75, 3.05) is 7.11 Å². The van der Waals surface area contributed by atoms with Crippen LogP contribution in [0.15, 0.2) is 12.1 Å². The van der Waals surface area contributed by atoms with Crippen molar-refractivity contribution in [2.24, 2.45) is 0 Å². The first kappa shape index (κ1) is 16.2. The summed E-state index contributed by atoms with van der Waals surface area (Å²) >= 11 is 0. The number of benzene rings is 1. The lowest BCUT2D eigenvalue weighted by molar-refractivity contribution is 0.183. The molecule has 19 heavy (non-hydrogen) atoms. The predicted molar refractivity (Wildman–Crippen MR) is 83.9 cm³/mol. The molecule has 0 unspecified atom stereocenters. The zero-order chi connectivity index (χ0) is 14.8. The van der Waals surface area contributed by atoms with Gasteiger partial charge in [-0.15, -0.1) is 0 Å². The second-order valence-corrected chi connectivity index (χ2v) is 7.45. The Morgan fingerprint density at radius 3 is 1.63 bits per heavy atom. The maximum atomic E-state index is 5.40. The van der Waals surface area contributed by atoms with E-state index in [0.29, 0.717) is 6.61 Å². The summed E-state index contributed by atoms with van der Waals surface area (Å²) in [7, 11) is 1.77. The molecule has 1 aromatic carbocycles. The zero-order valence-electron chi connectivity index (χ0n) is 14.0. The van der Waals surface area contributed by atoms with Crippen molar-refractivity contribution >= 4 is 0 Å². The topological polar surface area (TPSA) is 9.23 Å². The molecule has 0 heterocycles. The Bertz CT molecular complexity index is 430. The molecule has 0 aliphatic carbocycles. The summed E-state index contributed by atoms with van der Waals surface area (Å²) in [4.78, 5) is 0. The van der Waals surface area contributed by atoms with Gasteiger partial charge < -0.3 is 4.74 Å². The molecule has 108 valence electrons. The minimum atomic E-state index is 0.161. The van der Waals surface area contributed by atoms with Crippen molar-refractivity contribution < 1.29 is 4.74 Å². The fraction of sp³-hybridized carbons (Fsp3) is 0.667. The molecule has 0 atom stereocenters. The summed E-state index contributed by atoms with van der Waals surface area (Å²) in [6.45, 7) is 16.6. The fourth-order valence-corrected chi connectivity index (χ4v) is 2.65. The van der Waals surface area contributed by atoms with Crippen LogP contribution in [0, 0.1) is 0 Å². The number of hydrogen-bond acceptors (Lipinski definition) is 1. The highest BCUT2D eigenvalue weighted by Crippen LogP contribution is 2.34. The predicted octanol–water partition coefficient (Wildman–Crippen LogP) is 4.99. The van der Waals surface area contributed by atoms with Gasteiger partial charge in [0.05, 0.1) is 6.61 Å². The van der Waals surface area contributed by atoms with Crippen LogP contribution in [0.4, 0.5) is 0 Å². The molecule has 0 aromatic heterocycles. The van der Waals surface area contributed by atoms with E-state index in [-0.39, 0.29) is 10.8 Å². The molecule has 0 aliphatic rings. The molecule has 0 saturated carbocycles. The zero-order valence-corrected chi connectivity index (χ0v) is 14.0. The molecule has 0 saturated heterocycles. The quantitative estimate of drug-likeness (QED) is 0.745. The first-order chi connectivity index (χ1) is 8.61. The van der Waals surface area contributed by atoms with Crippen LogP contribution in [-0.4, -0.2) is 7.11 Å². The summed E-state index contributed by atoms with van der Waals surface area (Å²) in [5.74, 6) is 0. The van der Waals surface area contributed by atoms with Gasteiger partial charge in [-0.25, -0.2) is 0 Å². The molecule has 0 aliphatic heterocycles. The molecule has 1 heteroatoms. The largest absolute Gasteiger partial charge is 0.380 e. The van der Waals surface area contributed by atoms with Crippen LogP contribution in [0.2, 0.25) is 0 Å². The Balaban J connectivity index is 3.51. The summed E-state index contributed by atoms with van der Waals surface area (Å²) < 4.78 is 5.40. The van der Waals surface area contributed by atoms with Crippen LogP contribution in [-0.2, 0) is 28.6 Å². The van der Waals surface area contributed by atoms with Crippen molar-refractivity contribution in [3.8, 4) is 0 Å². The summed E-state index contributed by atoms with van der Waals surface area (Å²) in [5.41, 5.74) is 6.02. The molecule has 1 aromatic rings. The number of methoxy groups -OCH3 is 1. The monoisotopic (exact) mass is 262 g/mol. The van der Waals surface area contributed by atoms with E-state index in [1.165, 1.54) is 22.3 Å². The van der Waals surface area contributed by atoms with E-state index in [9.17, 15) is 0 Å². The van der Waals surface area contributed by atoms with Crippen LogP contribution in [0.3, 0.4) is 0 Å². The SMILES string of the molecule is CCc1cc(C(C)(C)C)c(COC)cc1C(C)(C)C. The second-order valence-electron chi connectivity index (χ2n) is 7.45. The molecule has 0 amide bonds. The minimum absolute atomic E-state index is 0.161. The third-order valence-electron chi connectivity index (χ3n) is 3.63. The lowest BCUT2D eigenvalue weighted by atomic mass is 9.76. The van der Waals surface area contributed by atoms with Crippen LogP contribution in [0.1, 0.15) is 70.7 Å². The summed E-state index contributed by atoms with van der Waals surface area (Å²) in [6, 6.07) is 4.76. The second kappa shape index (κ2) is 5.66. The van der Waals surface area contributed by atoms with Crippen LogP contribution in [0.5, 0.6) is 0 Å². The lowest BCUT2D eigenvalue weighted by Crippen LogP contribution is -2.20. The molecule has 0 bridgehead atoms. The van der Waals surface area contributed by atoms with E-state index in [0.717, 1.165) is 6.42 Å². The van der Waals surface area contributed by atoms with Gasteiger partial charge in [-0.1, -0.05) is 60.6 Å². The van der Waals surface area contributed by atoms with Crippen molar-refractivity contribution in [1.82, 2.24) is 0 Å². The lowest BCUT2D eigenvalue weighted by Gasteiger charge is -2.29. The van der Waals surface area contributed by atoms with E-state index < -0.39 is 0 Å². The highest BCUT2D eigenvalue weighted by molar-refractivity contribution is 5.44. The maximum Gasteiger partial charge on any atom is 0.0716 e. The molecule has 1 nitrogen and oxygen atoms in total. The number of ether oxygens (including phenoxy) is 1. The van der Waals surface area contributed by atoms with Crippen LogP contribution in [0.25, 0.3) is 0 Å². The minimum Gasteiger partial charge on any atom is -0.380 e. The molecule has 1 rings (SSSR count). The Hall–Kier alpha value is -0.820. The molecule has 0 N–H and O–H groups in total. The molecular weight excluding hydrogens is 232 g/mol. The Morgan fingerprint density at radius 2 is 1.26 bits per heavy atom. The number of hydrogen-bond donors (Lipinski definition) is 0. The third kappa shape index (κ3) is 3.82. The van der Waals surface area contributed by atoms with Crippen molar-refractivity contribution in [2.45, 2.75) is 72.3 Å². The normalized spacial score (nSPS) is 12.8. The first-order valence-electron chi connectivity index (χ1n) is 7.27. The highest BCUT2D eigenvalue weighted by Gasteiger charge is 2.24. The smallest absolute Gasteiger partial charge is 0.0716 e. The van der Waals surface area contributed by atoms with Gasteiger partial charge in [-0.3, -0.25) is 0 Å². The van der Waals surface area contributed by atoms with Crippen molar-refractivity contribution in [3.05, 3.63) is 34.4 Å². The van der Waals surface area contributed by atoms with Crippen LogP contribution < -0.4 is 0 Å². The van der Waals surface area contributed by atoms with Gasteiger partial charge in [0.25, 0.3) is 0 Å². The van der Waals surface area contributed by atoms with E-state index in [2.05, 4.69) is 60.6 Å². The summed E-state index contributed by atoms with van der Waals surface area (Å²) in [6.07, 6.45) is 1.09. The van der Waals surface area contributed by atoms with Crippen LogP contribution >= 0.6 is 0 Å². The summed E-state index contributed by atoms with van der Waals surface area (Å²) in [5, 5.41) is 0. The molecular formula is C18H30O.